The summed E-state index contributed by atoms with van der Waals surface area (Å²) in [6, 6.07) is 11.8. The van der Waals surface area contributed by atoms with Crippen LogP contribution in [0.15, 0.2) is 46.9 Å². The number of rotatable bonds is 3. The van der Waals surface area contributed by atoms with Crippen LogP contribution in [0.1, 0.15) is 15.9 Å². The maximum atomic E-state index is 12.3. The number of carbonyl (C=O) groups is 1. The Hall–Kier alpha value is -2.76. The molecule has 1 heterocycles. The molecule has 0 spiro atoms. The lowest BCUT2D eigenvalue weighted by molar-refractivity contribution is -0.0905. The van der Waals surface area contributed by atoms with Crippen LogP contribution < -0.4 is 0 Å². The molecule has 0 saturated carbocycles. The molecule has 0 saturated heterocycles. The van der Waals surface area contributed by atoms with Gasteiger partial charge in [-0.3, -0.25) is 0 Å². The number of carbonyl (C=O) groups excluding carboxylic acids is 1. The van der Waals surface area contributed by atoms with Gasteiger partial charge in [-0.1, -0.05) is 24.3 Å². The maximum Gasteiger partial charge on any atom is 0.389 e. The van der Waals surface area contributed by atoms with Crippen molar-refractivity contribution in [3.05, 3.63) is 53.6 Å². The predicted molar refractivity (Wildman–Crippen MR) is 75.6 cm³/mol. The quantitative estimate of drug-likeness (QED) is 0.681. The first-order chi connectivity index (χ1) is 10.6. The van der Waals surface area contributed by atoms with Crippen LogP contribution in [0.2, 0.25) is 0 Å². The first-order valence-electron chi connectivity index (χ1n) is 6.51. The fraction of sp³-hybridized carbons (Fsp3) is 0.125. The minimum atomic E-state index is -3.18. The smallest absolute Gasteiger partial charge is 0.389 e. The number of alkyl halides is 2. The van der Waals surface area contributed by atoms with Gasteiger partial charge in [0.1, 0.15) is 5.52 Å². The lowest BCUT2D eigenvalue weighted by Gasteiger charge is -2.09. The minimum absolute atomic E-state index is 0.00754. The molecular formula is C16H11F2NO3. The number of hydrogen-bond donors (Lipinski definition) is 0. The number of para-hydroxylation sites is 2. The van der Waals surface area contributed by atoms with Crippen molar-refractivity contribution in [2.24, 2.45) is 0 Å². The van der Waals surface area contributed by atoms with Crippen LogP contribution in [0.4, 0.5) is 8.78 Å². The molecule has 3 aromatic rings. The summed E-state index contributed by atoms with van der Waals surface area (Å²) in [5.41, 5.74) is 2.19. The van der Waals surface area contributed by atoms with E-state index < -0.39 is 12.6 Å². The summed E-state index contributed by atoms with van der Waals surface area (Å²) in [5.74, 6) is -0.920. The summed E-state index contributed by atoms with van der Waals surface area (Å²) in [6.07, 6.45) is 0. The van der Waals surface area contributed by atoms with E-state index in [9.17, 15) is 13.6 Å². The molecule has 3 rings (SSSR count). The molecule has 0 bridgehead atoms. The van der Waals surface area contributed by atoms with Gasteiger partial charge in [0.15, 0.2) is 5.58 Å². The summed E-state index contributed by atoms with van der Waals surface area (Å²) in [6.45, 7) is -1.44. The molecule has 0 N–H and O–H groups in total. The van der Waals surface area contributed by atoms with Gasteiger partial charge >= 0.3 is 12.6 Å². The number of aromatic nitrogens is 1. The van der Waals surface area contributed by atoms with E-state index in [1.165, 1.54) is 6.07 Å². The topological polar surface area (TPSA) is 52.3 Å². The average molecular weight is 303 g/mol. The second-order valence-electron chi connectivity index (χ2n) is 4.65. The van der Waals surface area contributed by atoms with Crippen LogP contribution >= 0.6 is 0 Å². The largest absolute Gasteiger partial charge is 0.436 e. The first-order valence-corrected chi connectivity index (χ1v) is 6.51. The Balaban J connectivity index is 2.15. The van der Waals surface area contributed by atoms with Crippen molar-refractivity contribution in [3.8, 4) is 11.5 Å². The summed E-state index contributed by atoms with van der Waals surface area (Å²) in [4.78, 5) is 16.1. The molecule has 0 aliphatic rings. The third kappa shape index (κ3) is 2.55. The number of fused-ring (bicyclic) bond motifs is 1. The second kappa shape index (κ2) is 5.55. The van der Waals surface area contributed by atoms with E-state index in [1.807, 2.05) is 0 Å². The highest BCUT2D eigenvalue weighted by Gasteiger charge is 2.22. The molecule has 0 aliphatic carbocycles. The number of aryl methyl sites for hydroxylation is 1. The number of esters is 1. The van der Waals surface area contributed by atoms with Crippen LogP contribution in [-0.4, -0.2) is 17.6 Å². The van der Waals surface area contributed by atoms with Gasteiger partial charge in [-0.05, 0) is 30.7 Å². The Morgan fingerprint density at radius 2 is 1.95 bits per heavy atom. The molecule has 0 atom stereocenters. The molecule has 4 nitrogen and oxygen atoms in total. The normalized spacial score (nSPS) is 11.1. The fourth-order valence-electron chi connectivity index (χ4n) is 2.25. The van der Waals surface area contributed by atoms with Gasteiger partial charge < -0.3 is 9.15 Å². The Morgan fingerprint density at radius 3 is 2.68 bits per heavy atom. The first kappa shape index (κ1) is 14.2. The second-order valence-corrected chi connectivity index (χ2v) is 4.65. The van der Waals surface area contributed by atoms with Gasteiger partial charge in [0.25, 0.3) is 0 Å². The van der Waals surface area contributed by atoms with Gasteiger partial charge in [-0.2, -0.15) is 8.78 Å². The van der Waals surface area contributed by atoms with Gasteiger partial charge in [0.2, 0.25) is 5.89 Å². The standard InChI is InChI=1S/C16H11F2NO3/c1-9-5-4-6-10(15(20)22-16(17)18)13(9)14-19-11-7-2-3-8-12(11)21-14/h2-8,16H,1H3. The Labute approximate surface area is 124 Å². The third-order valence-electron chi connectivity index (χ3n) is 3.20. The van der Waals surface area contributed by atoms with Gasteiger partial charge in [-0.25, -0.2) is 9.78 Å². The monoisotopic (exact) mass is 303 g/mol. The van der Waals surface area contributed by atoms with Crippen molar-refractivity contribution in [2.75, 3.05) is 0 Å². The molecule has 0 unspecified atom stereocenters. The molecule has 2 aromatic carbocycles. The van der Waals surface area contributed by atoms with E-state index in [4.69, 9.17) is 4.42 Å². The zero-order valence-corrected chi connectivity index (χ0v) is 11.5. The third-order valence-corrected chi connectivity index (χ3v) is 3.20. The predicted octanol–water partition coefficient (Wildman–Crippen LogP) is 4.18. The van der Waals surface area contributed by atoms with Gasteiger partial charge in [0.05, 0.1) is 11.1 Å². The van der Waals surface area contributed by atoms with E-state index in [0.29, 0.717) is 22.2 Å². The van der Waals surface area contributed by atoms with Crippen molar-refractivity contribution in [1.82, 2.24) is 4.98 Å². The Morgan fingerprint density at radius 1 is 1.18 bits per heavy atom. The van der Waals surface area contributed by atoms with Crippen molar-refractivity contribution < 1.29 is 22.7 Å². The highest BCUT2D eigenvalue weighted by atomic mass is 19.3. The number of benzene rings is 2. The maximum absolute atomic E-state index is 12.3. The lowest BCUT2D eigenvalue weighted by Crippen LogP contribution is -2.11. The summed E-state index contributed by atoms with van der Waals surface area (Å²) < 4.78 is 34.2. The number of oxazole rings is 1. The van der Waals surface area contributed by atoms with Crippen LogP contribution in [0.3, 0.4) is 0 Å². The van der Waals surface area contributed by atoms with Crippen LogP contribution in [0, 0.1) is 6.92 Å². The van der Waals surface area contributed by atoms with E-state index >= 15 is 0 Å². The van der Waals surface area contributed by atoms with E-state index in [2.05, 4.69) is 9.72 Å². The molecule has 6 heteroatoms. The number of halogens is 2. The zero-order chi connectivity index (χ0) is 15.7. The Bertz CT molecular complexity index is 809. The van der Waals surface area contributed by atoms with Crippen molar-refractivity contribution in [2.45, 2.75) is 13.5 Å². The minimum Gasteiger partial charge on any atom is -0.436 e. The number of hydrogen-bond acceptors (Lipinski definition) is 4. The van der Waals surface area contributed by atoms with Gasteiger partial charge in [0, 0.05) is 0 Å². The van der Waals surface area contributed by atoms with E-state index in [-0.39, 0.29) is 11.5 Å². The zero-order valence-electron chi connectivity index (χ0n) is 11.5. The SMILES string of the molecule is Cc1cccc(C(=O)OC(F)F)c1-c1nc2ccccc2o1. The molecule has 0 fully saturated rings. The van der Waals surface area contributed by atoms with E-state index in [1.54, 1.807) is 43.3 Å². The summed E-state index contributed by atoms with van der Waals surface area (Å²) >= 11 is 0. The molecule has 22 heavy (non-hydrogen) atoms. The molecule has 112 valence electrons. The molecule has 0 radical (unpaired) electrons. The van der Waals surface area contributed by atoms with Gasteiger partial charge in [-0.15, -0.1) is 0 Å². The average Bonchev–Trinajstić information content (AvgIpc) is 2.89. The van der Waals surface area contributed by atoms with Crippen molar-refractivity contribution in [1.29, 1.82) is 0 Å². The Kier molecular flexibility index (Phi) is 3.58. The summed E-state index contributed by atoms with van der Waals surface area (Å²) in [5, 5.41) is 0. The van der Waals surface area contributed by atoms with Crippen molar-refractivity contribution in [3.63, 3.8) is 0 Å². The van der Waals surface area contributed by atoms with Crippen LogP contribution in [0.5, 0.6) is 0 Å². The van der Waals surface area contributed by atoms with Crippen molar-refractivity contribution >= 4 is 17.1 Å². The van der Waals surface area contributed by atoms with Crippen LogP contribution in [0.25, 0.3) is 22.6 Å². The molecular weight excluding hydrogens is 292 g/mol. The highest BCUT2D eigenvalue weighted by Crippen LogP contribution is 2.30. The molecule has 1 aromatic heterocycles. The van der Waals surface area contributed by atoms with E-state index in [0.717, 1.165) is 0 Å². The fourth-order valence-corrected chi connectivity index (χ4v) is 2.25. The lowest BCUT2D eigenvalue weighted by atomic mass is 10.0. The highest BCUT2D eigenvalue weighted by molar-refractivity contribution is 5.97. The number of nitrogens with zero attached hydrogens (tertiary/aromatic N) is 1. The number of ether oxygens (including phenoxy) is 1. The summed E-state index contributed by atoms with van der Waals surface area (Å²) in [7, 11) is 0. The molecule has 0 aliphatic heterocycles. The van der Waals surface area contributed by atoms with Crippen LogP contribution in [-0.2, 0) is 4.74 Å². The molecule has 0 amide bonds.